The first kappa shape index (κ1) is 50.7. The van der Waals surface area contributed by atoms with Gasteiger partial charge in [-0.1, -0.05) is 128 Å². The Kier molecular flexibility index (Phi) is 33.4. The van der Waals surface area contributed by atoms with Crippen LogP contribution in [-0.2, 0) is 0 Å². The molecule has 0 rings (SSSR count). The maximum atomic E-state index is 12.1. The van der Waals surface area contributed by atoms with Crippen molar-refractivity contribution in [3.63, 3.8) is 0 Å². The summed E-state index contributed by atoms with van der Waals surface area (Å²) in [6.45, 7) is 8.73. The molecule has 0 spiro atoms. The van der Waals surface area contributed by atoms with Gasteiger partial charge in [-0.2, -0.15) is 0 Å². The molecule has 0 aromatic heterocycles. The van der Waals surface area contributed by atoms with E-state index < -0.39 is 35.6 Å². The highest BCUT2D eigenvalue weighted by molar-refractivity contribution is 5.05. The zero-order chi connectivity index (χ0) is 38.8. The summed E-state index contributed by atoms with van der Waals surface area (Å²) < 4.78 is 0. The summed E-state index contributed by atoms with van der Waals surface area (Å²) >= 11 is 0. The van der Waals surface area contributed by atoms with E-state index in [2.05, 4.69) is 76.3 Å². The van der Waals surface area contributed by atoms with E-state index in [4.69, 9.17) is 0 Å². The summed E-state index contributed by atoms with van der Waals surface area (Å²) in [6.07, 6.45) is 34.6. The Morgan fingerprint density at radius 3 is 0.827 bits per heavy atom. The second kappa shape index (κ2) is 34.2. The summed E-state index contributed by atoms with van der Waals surface area (Å²) in [5, 5.41) is 70.6. The van der Waals surface area contributed by atoms with E-state index in [-0.39, 0.29) is 25.7 Å². The zero-order valence-corrected chi connectivity index (χ0v) is 34.4. The van der Waals surface area contributed by atoms with E-state index in [1.54, 1.807) is 0 Å². The summed E-state index contributed by atoms with van der Waals surface area (Å²) in [5.74, 6) is 0. The van der Waals surface area contributed by atoms with Crippen molar-refractivity contribution in [1.29, 1.82) is 0 Å². The SMILES string of the molecule is CCCCC/C=C\CCCC(O)[C@](O)(CCC/C=C\CCCCC)[C@@H](O)[C@H](O)[C@@](O)(CCC/C=C\CCCCC)C(O)CCC/C=C\CCCCC. The standard InChI is InChI=1S/C46H86O6/c1-5-9-13-17-21-25-29-33-37-41(47)45(51,39-35-31-27-23-19-15-11-7-3)43(49)44(50)46(52,40-36-32-28-24-20-16-12-8-4)42(48)38-34-30-26-22-18-14-10-6-2/h21-28,41-44,47-52H,5-20,29-40H2,1-4H3/b25-21-,26-22-,27-23-,28-24-/t41?,42?,43-,44-,45+,46+/m0/s1. The van der Waals surface area contributed by atoms with Gasteiger partial charge < -0.3 is 30.6 Å². The Labute approximate surface area is 321 Å². The number of rotatable bonds is 37. The number of allylic oxidation sites excluding steroid dienone is 8. The second-order valence-corrected chi connectivity index (χ2v) is 15.4. The van der Waals surface area contributed by atoms with Crippen LogP contribution in [0.3, 0.4) is 0 Å². The van der Waals surface area contributed by atoms with Crippen molar-refractivity contribution in [1.82, 2.24) is 0 Å². The number of aliphatic hydroxyl groups is 6. The van der Waals surface area contributed by atoms with Crippen molar-refractivity contribution in [2.75, 3.05) is 0 Å². The van der Waals surface area contributed by atoms with Crippen molar-refractivity contribution in [3.05, 3.63) is 48.6 Å². The average molecular weight is 735 g/mol. The third-order valence-electron chi connectivity index (χ3n) is 10.6. The minimum absolute atomic E-state index is 0.0635. The minimum Gasteiger partial charge on any atom is -0.390 e. The summed E-state index contributed by atoms with van der Waals surface area (Å²) in [6, 6.07) is 0. The molecule has 0 saturated heterocycles. The fourth-order valence-corrected chi connectivity index (χ4v) is 6.93. The van der Waals surface area contributed by atoms with Crippen molar-refractivity contribution >= 4 is 0 Å². The molecule has 0 radical (unpaired) electrons. The van der Waals surface area contributed by atoms with Crippen LogP contribution in [0.5, 0.6) is 0 Å². The fraction of sp³-hybridized carbons (Fsp3) is 0.826. The lowest BCUT2D eigenvalue weighted by molar-refractivity contribution is -0.238. The molecule has 306 valence electrons. The number of aliphatic hydroxyl groups excluding tert-OH is 4. The molecule has 0 saturated carbocycles. The van der Waals surface area contributed by atoms with E-state index in [0.29, 0.717) is 38.5 Å². The van der Waals surface area contributed by atoms with Crippen molar-refractivity contribution < 1.29 is 30.6 Å². The van der Waals surface area contributed by atoms with Crippen molar-refractivity contribution in [3.8, 4) is 0 Å². The summed E-state index contributed by atoms with van der Waals surface area (Å²) in [7, 11) is 0. The first-order valence-corrected chi connectivity index (χ1v) is 21.9. The Balaban J connectivity index is 5.90. The highest BCUT2D eigenvalue weighted by Crippen LogP contribution is 2.36. The van der Waals surface area contributed by atoms with Gasteiger partial charge in [-0.15, -0.1) is 0 Å². The third-order valence-corrected chi connectivity index (χ3v) is 10.6. The molecule has 0 aromatic rings. The number of unbranched alkanes of at least 4 members (excludes halogenated alkanes) is 16. The van der Waals surface area contributed by atoms with E-state index in [1.165, 1.54) is 51.4 Å². The molecule has 6 nitrogen and oxygen atoms in total. The Hall–Kier alpha value is -1.28. The molecule has 6 N–H and O–H groups in total. The van der Waals surface area contributed by atoms with Crippen molar-refractivity contribution in [2.24, 2.45) is 0 Å². The van der Waals surface area contributed by atoms with Gasteiger partial charge in [0.2, 0.25) is 0 Å². The van der Waals surface area contributed by atoms with Gasteiger partial charge in [0.25, 0.3) is 0 Å². The van der Waals surface area contributed by atoms with E-state index in [0.717, 1.165) is 64.2 Å². The first-order chi connectivity index (χ1) is 25.1. The largest absolute Gasteiger partial charge is 0.390 e. The van der Waals surface area contributed by atoms with E-state index >= 15 is 0 Å². The number of hydrogen-bond acceptors (Lipinski definition) is 6. The Bertz CT molecular complexity index is 827. The normalized spacial score (nSPS) is 17.3. The van der Waals surface area contributed by atoms with E-state index in [1.807, 2.05) is 0 Å². The van der Waals surface area contributed by atoms with Gasteiger partial charge in [-0.3, -0.25) is 0 Å². The molecule has 6 heteroatoms. The molecule has 2 unspecified atom stereocenters. The predicted molar refractivity (Wildman–Crippen MR) is 222 cm³/mol. The molecule has 0 heterocycles. The average Bonchev–Trinajstić information content (AvgIpc) is 3.14. The highest BCUT2D eigenvalue weighted by Gasteiger charge is 2.53. The molecule has 0 bridgehead atoms. The first-order valence-electron chi connectivity index (χ1n) is 21.9. The van der Waals surface area contributed by atoms with Gasteiger partial charge in [0, 0.05) is 0 Å². The lowest BCUT2D eigenvalue weighted by Crippen LogP contribution is -2.65. The van der Waals surface area contributed by atoms with Gasteiger partial charge in [0.1, 0.15) is 23.4 Å². The highest BCUT2D eigenvalue weighted by atomic mass is 16.4. The smallest absolute Gasteiger partial charge is 0.119 e. The quantitative estimate of drug-likeness (QED) is 0.0279. The lowest BCUT2D eigenvalue weighted by Gasteiger charge is -2.46. The minimum atomic E-state index is -2.05. The maximum absolute atomic E-state index is 12.1. The van der Waals surface area contributed by atoms with Crippen molar-refractivity contribution in [2.45, 2.75) is 243 Å². The van der Waals surface area contributed by atoms with Gasteiger partial charge >= 0.3 is 0 Å². The molecular weight excluding hydrogens is 649 g/mol. The molecule has 0 aromatic carbocycles. The molecule has 0 aliphatic rings. The van der Waals surface area contributed by atoms with Crippen LogP contribution in [0.1, 0.15) is 207 Å². The van der Waals surface area contributed by atoms with Crippen LogP contribution in [0, 0.1) is 0 Å². The Morgan fingerprint density at radius 2 is 0.577 bits per heavy atom. The monoisotopic (exact) mass is 735 g/mol. The second-order valence-electron chi connectivity index (χ2n) is 15.4. The van der Waals surface area contributed by atoms with Crippen LogP contribution in [0.25, 0.3) is 0 Å². The van der Waals surface area contributed by atoms with Crippen LogP contribution in [0.15, 0.2) is 48.6 Å². The van der Waals surface area contributed by atoms with Crippen LogP contribution < -0.4 is 0 Å². The van der Waals surface area contributed by atoms with Crippen LogP contribution in [-0.4, -0.2) is 66.3 Å². The molecule has 0 aliphatic carbocycles. The molecule has 6 atom stereocenters. The summed E-state index contributed by atoms with van der Waals surface area (Å²) in [4.78, 5) is 0. The van der Waals surface area contributed by atoms with Crippen LogP contribution in [0.2, 0.25) is 0 Å². The van der Waals surface area contributed by atoms with E-state index in [9.17, 15) is 30.6 Å². The Morgan fingerprint density at radius 1 is 0.346 bits per heavy atom. The van der Waals surface area contributed by atoms with Gasteiger partial charge in [0.05, 0.1) is 12.2 Å². The summed E-state index contributed by atoms with van der Waals surface area (Å²) in [5.41, 5.74) is -4.09. The van der Waals surface area contributed by atoms with Crippen LogP contribution >= 0.6 is 0 Å². The van der Waals surface area contributed by atoms with Gasteiger partial charge in [-0.25, -0.2) is 0 Å². The number of hydrogen-bond donors (Lipinski definition) is 6. The third kappa shape index (κ3) is 23.5. The topological polar surface area (TPSA) is 121 Å². The molecule has 0 amide bonds. The lowest BCUT2D eigenvalue weighted by atomic mass is 9.73. The van der Waals surface area contributed by atoms with Gasteiger partial charge in [0.15, 0.2) is 0 Å². The molecule has 52 heavy (non-hydrogen) atoms. The van der Waals surface area contributed by atoms with Crippen LogP contribution in [0.4, 0.5) is 0 Å². The molecular formula is C46H86O6. The fourth-order valence-electron chi connectivity index (χ4n) is 6.93. The molecule has 0 fully saturated rings. The zero-order valence-electron chi connectivity index (χ0n) is 34.4. The maximum Gasteiger partial charge on any atom is 0.119 e. The molecule has 0 aliphatic heterocycles. The van der Waals surface area contributed by atoms with Gasteiger partial charge in [-0.05, 0) is 128 Å². The predicted octanol–water partition coefficient (Wildman–Crippen LogP) is 11.1.